The molecule has 198 valence electrons. The number of nitrogens with zero attached hydrogens (tertiary/aromatic N) is 4. The summed E-state index contributed by atoms with van der Waals surface area (Å²) < 4.78 is 66.7. The number of aromatic nitrogens is 2. The normalized spacial score (nSPS) is 16.8. The minimum absolute atomic E-state index is 0.0538. The van der Waals surface area contributed by atoms with Gasteiger partial charge in [-0.2, -0.15) is 17.5 Å². The van der Waals surface area contributed by atoms with Crippen LogP contribution in [0, 0.1) is 0 Å². The van der Waals surface area contributed by atoms with Crippen molar-refractivity contribution in [2.45, 2.75) is 42.1 Å². The highest BCUT2D eigenvalue weighted by atomic mass is 35.5. The number of hydrogen-bond acceptors (Lipinski definition) is 7. The van der Waals surface area contributed by atoms with E-state index in [9.17, 15) is 26.4 Å². The van der Waals surface area contributed by atoms with E-state index in [2.05, 4.69) is 9.97 Å². The monoisotopic (exact) mass is 572 g/mol. The van der Waals surface area contributed by atoms with E-state index in [0.29, 0.717) is 40.1 Å². The molecule has 0 saturated carbocycles. The summed E-state index contributed by atoms with van der Waals surface area (Å²) in [7, 11) is -0.366. The lowest BCUT2D eigenvalue weighted by atomic mass is 10.0. The number of Topliss-reactive ketones (excluding diaryl/α,β-unsaturated/α-hetero) is 1. The number of aryl methyl sites for hydroxylation is 1. The van der Waals surface area contributed by atoms with E-state index in [1.165, 1.54) is 28.6 Å². The molecule has 0 radical (unpaired) electrons. The molecule has 3 aromatic rings. The molecule has 0 spiro atoms. The van der Waals surface area contributed by atoms with Gasteiger partial charge in [0.2, 0.25) is 5.95 Å². The molecule has 1 aliphatic heterocycles. The Hall–Kier alpha value is -2.54. The fourth-order valence-corrected chi connectivity index (χ4v) is 7.40. The predicted octanol–water partition coefficient (Wildman–Crippen LogP) is 5.30. The van der Waals surface area contributed by atoms with Crippen LogP contribution in [-0.4, -0.2) is 55.2 Å². The smallest absolute Gasteiger partial charge is 0.347 e. The third-order valence-corrected chi connectivity index (χ3v) is 9.60. The molecule has 3 heterocycles. The van der Waals surface area contributed by atoms with Gasteiger partial charge >= 0.3 is 6.18 Å². The van der Waals surface area contributed by atoms with Gasteiger partial charge in [-0.25, -0.2) is 18.4 Å². The number of sulfonamides is 1. The molecule has 1 atom stereocenters. The first-order chi connectivity index (χ1) is 17.4. The number of anilines is 1. The second kappa shape index (κ2) is 10.7. The number of alkyl halides is 3. The number of carbonyl (C=O) groups is 1. The Bertz CT molecular complexity index is 1390. The second-order valence-corrected chi connectivity index (χ2v) is 12.6. The Balaban J connectivity index is 1.53. The van der Waals surface area contributed by atoms with E-state index in [-0.39, 0.29) is 29.4 Å². The van der Waals surface area contributed by atoms with Gasteiger partial charge in [0.25, 0.3) is 10.0 Å². The van der Waals surface area contributed by atoms with E-state index in [1.807, 2.05) is 0 Å². The lowest BCUT2D eigenvalue weighted by Gasteiger charge is -2.22. The summed E-state index contributed by atoms with van der Waals surface area (Å²) in [5, 5.41) is 0. The van der Waals surface area contributed by atoms with Crippen LogP contribution < -0.4 is 4.90 Å². The van der Waals surface area contributed by atoms with Gasteiger partial charge < -0.3 is 4.90 Å². The van der Waals surface area contributed by atoms with Gasteiger partial charge in [-0.15, -0.1) is 11.3 Å². The zero-order valence-corrected chi connectivity index (χ0v) is 22.4. The molecule has 1 aromatic carbocycles. The van der Waals surface area contributed by atoms with Crippen LogP contribution in [-0.2, 0) is 27.4 Å². The molecule has 0 bridgehead atoms. The highest BCUT2D eigenvalue weighted by Crippen LogP contribution is 2.33. The SMILES string of the molecule is CN(C)c1nc(CCC(=O)[C@@H]2CCCN2S(=O)(=O)c2ccc(Cl)s2)cc(-c2ccc(C(F)(F)F)cc2)n1. The highest BCUT2D eigenvalue weighted by molar-refractivity contribution is 7.91. The van der Waals surface area contributed by atoms with E-state index < -0.39 is 27.8 Å². The maximum absolute atomic E-state index is 13.1. The number of hydrogen-bond donors (Lipinski definition) is 0. The van der Waals surface area contributed by atoms with E-state index in [4.69, 9.17) is 11.6 Å². The standard InChI is InChI=1S/C24H24ClF3N4O3S2/c1-31(2)23-29-17(14-18(30-23)15-5-7-16(8-6-15)24(26,27)28)9-10-20(33)19-4-3-13-32(19)37(34,35)22-12-11-21(25)36-22/h5-8,11-12,14,19H,3-4,9-10,13H2,1-2H3/t19-/m0/s1. The number of benzene rings is 1. The molecule has 0 aliphatic carbocycles. The van der Waals surface area contributed by atoms with E-state index >= 15 is 0 Å². The first-order valence-electron chi connectivity index (χ1n) is 11.4. The minimum atomic E-state index is -4.44. The summed E-state index contributed by atoms with van der Waals surface area (Å²) in [6.45, 7) is 0.255. The number of thiophene rings is 1. The number of rotatable bonds is 8. The van der Waals surface area contributed by atoms with Crippen LogP contribution >= 0.6 is 22.9 Å². The van der Waals surface area contributed by atoms with Crippen LogP contribution in [0.1, 0.15) is 30.5 Å². The zero-order valence-electron chi connectivity index (χ0n) is 20.0. The summed E-state index contributed by atoms with van der Waals surface area (Å²) >= 11 is 6.86. The Morgan fingerprint density at radius 2 is 1.86 bits per heavy atom. The van der Waals surface area contributed by atoms with Crippen LogP contribution in [0.15, 0.2) is 46.7 Å². The molecular weight excluding hydrogens is 549 g/mol. The zero-order chi connectivity index (χ0) is 27.0. The van der Waals surface area contributed by atoms with Crippen LogP contribution in [0.5, 0.6) is 0 Å². The van der Waals surface area contributed by atoms with Crippen molar-refractivity contribution >= 4 is 44.7 Å². The molecular formula is C24H24ClF3N4O3S2. The summed E-state index contributed by atoms with van der Waals surface area (Å²) in [4.78, 5) is 23.7. The van der Waals surface area contributed by atoms with Crippen molar-refractivity contribution < 1.29 is 26.4 Å². The van der Waals surface area contributed by atoms with Crippen molar-refractivity contribution in [2.75, 3.05) is 25.5 Å². The molecule has 37 heavy (non-hydrogen) atoms. The average molecular weight is 573 g/mol. The van der Waals surface area contributed by atoms with Crippen LogP contribution in [0.4, 0.5) is 19.1 Å². The number of halogens is 4. The van der Waals surface area contributed by atoms with Crippen LogP contribution in [0.3, 0.4) is 0 Å². The lowest BCUT2D eigenvalue weighted by molar-refractivity contribution is -0.137. The van der Waals surface area contributed by atoms with Crippen molar-refractivity contribution in [1.29, 1.82) is 0 Å². The maximum Gasteiger partial charge on any atom is 0.416 e. The van der Waals surface area contributed by atoms with Gasteiger partial charge in [-0.3, -0.25) is 4.79 Å². The Morgan fingerprint density at radius 3 is 2.46 bits per heavy atom. The van der Waals surface area contributed by atoms with Crippen molar-refractivity contribution in [3.8, 4) is 11.3 Å². The Kier molecular flexibility index (Phi) is 7.93. The van der Waals surface area contributed by atoms with Crippen molar-refractivity contribution in [1.82, 2.24) is 14.3 Å². The third-order valence-electron chi connectivity index (χ3n) is 5.99. The summed E-state index contributed by atoms with van der Waals surface area (Å²) in [6, 6.07) is 8.49. The predicted molar refractivity (Wildman–Crippen MR) is 136 cm³/mol. The van der Waals surface area contributed by atoms with E-state index in [1.54, 1.807) is 25.1 Å². The van der Waals surface area contributed by atoms with Gasteiger partial charge in [-0.1, -0.05) is 23.7 Å². The molecule has 7 nitrogen and oxygen atoms in total. The average Bonchev–Trinajstić information content (AvgIpc) is 3.52. The molecule has 0 unspecified atom stereocenters. The number of ketones is 1. The van der Waals surface area contributed by atoms with Gasteiger partial charge in [0.15, 0.2) is 5.78 Å². The molecule has 1 fully saturated rings. The molecule has 4 rings (SSSR count). The Morgan fingerprint density at radius 1 is 1.16 bits per heavy atom. The third kappa shape index (κ3) is 6.14. The van der Waals surface area contributed by atoms with Crippen molar-refractivity contribution in [2.24, 2.45) is 0 Å². The summed E-state index contributed by atoms with van der Waals surface area (Å²) in [6.07, 6.45) is -3.16. The van der Waals surface area contributed by atoms with Gasteiger partial charge in [0.05, 0.1) is 21.6 Å². The first kappa shape index (κ1) is 27.5. The molecule has 13 heteroatoms. The van der Waals surface area contributed by atoms with Gasteiger partial charge in [0.1, 0.15) is 4.21 Å². The molecule has 0 N–H and O–H groups in total. The van der Waals surface area contributed by atoms with Crippen LogP contribution in [0.25, 0.3) is 11.3 Å². The fraction of sp³-hybridized carbons (Fsp3) is 0.375. The largest absolute Gasteiger partial charge is 0.416 e. The van der Waals surface area contributed by atoms with Crippen LogP contribution in [0.2, 0.25) is 4.34 Å². The van der Waals surface area contributed by atoms with Gasteiger partial charge in [-0.05, 0) is 49.6 Å². The highest BCUT2D eigenvalue weighted by Gasteiger charge is 2.39. The molecule has 1 saturated heterocycles. The first-order valence-corrected chi connectivity index (χ1v) is 14.0. The number of carbonyl (C=O) groups excluding carboxylic acids is 1. The molecule has 0 amide bonds. The topological polar surface area (TPSA) is 83.5 Å². The minimum Gasteiger partial charge on any atom is -0.347 e. The maximum atomic E-state index is 13.1. The van der Waals surface area contributed by atoms with Crippen molar-refractivity contribution in [3.05, 3.63) is 58.1 Å². The second-order valence-electron chi connectivity index (χ2n) is 8.81. The molecule has 1 aliphatic rings. The van der Waals surface area contributed by atoms with Gasteiger partial charge in [0, 0.05) is 38.3 Å². The quantitative estimate of drug-likeness (QED) is 0.364. The Labute approximate surface area is 222 Å². The fourth-order valence-electron chi connectivity index (χ4n) is 4.11. The molecule has 2 aromatic heterocycles. The lowest BCUT2D eigenvalue weighted by Crippen LogP contribution is -2.40. The van der Waals surface area contributed by atoms with Crippen molar-refractivity contribution in [3.63, 3.8) is 0 Å². The summed E-state index contributed by atoms with van der Waals surface area (Å²) in [5.74, 6) is 0.129. The summed E-state index contributed by atoms with van der Waals surface area (Å²) in [5.41, 5.74) is 0.674. The van der Waals surface area contributed by atoms with E-state index in [0.717, 1.165) is 23.5 Å².